The molecule has 0 fully saturated rings. The molecule has 0 saturated carbocycles. The van der Waals surface area contributed by atoms with Crippen molar-refractivity contribution in [3.05, 3.63) is 53.9 Å². The van der Waals surface area contributed by atoms with Gasteiger partial charge >= 0.3 is 0 Å². The van der Waals surface area contributed by atoms with Crippen LogP contribution < -0.4 is 16.8 Å². The smallest absolute Gasteiger partial charge is 0.244 e. The van der Waals surface area contributed by atoms with Gasteiger partial charge in [-0.25, -0.2) is 13.8 Å². The van der Waals surface area contributed by atoms with Gasteiger partial charge in [-0.3, -0.25) is 14.5 Å². The molecule has 4 heterocycles. The molecule has 0 bridgehead atoms. The molecule has 5 rings (SSSR count). The van der Waals surface area contributed by atoms with E-state index in [4.69, 9.17) is 11.5 Å². The summed E-state index contributed by atoms with van der Waals surface area (Å²) in [6.07, 6.45) is 3.15. The zero-order valence-electron chi connectivity index (χ0n) is 18.5. The Balaban J connectivity index is 1.53. The molecule has 4 aromatic rings. The Kier molecular flexibility index (Phi) is 5.03. The van der Waals surface area contributed by atoms with E-state index >= 15 is 4.39 Å². The van der Waals surface area contributed by atoms with Gasteiger partial charge in [0.2, 0.25) is 5.91 Å². The van der Waals surface area contributed by atoms with Crippen LogP contribution >= 0.6 is 0 Å². The van der Waals surface area contributed by atoms with Gasteiger partial charge < -0.3 is 21.7 Å². The van der Waals surface area contributed by atoms with E-state index in [0.29, 0.717) is 44.9 Å². The first-order valence-corrected chi connectivity index (χ1v) is 10.5. The zero-order chi connectivity index (χ0) is 24.1. The molecule has 1 aliphatic rings. The van der Waals surface area contributed by atoms with Crippen LogP contribution in [0.2, 0.25) is 0 Å². The number of likely N-dealkylation sites (N-methyl/N-ethyl adjacent to an activating group) is 1. The third-order valence-corrected chi connectivity index (χ3v) is 6.08. The monoisotopic (exact) mass is 464 g/mol. The normalized spacial score (nSPS) is 15.9. The fourth-order valence-corrected chi connectivity index (χ4v) is 4.06. The van der Waals surface area contributed by atoms with E-state index in [-0.39, 0.29) is 30.2 Å². The number of alkyl halides is 1. The van der Waals surface area contributed by atoms with E-state index in [1.165, 1.54) is 22.0 Å². The maximum Gasteiger partial charge on any atom is 0.244 e. The number of nitrogens with one attached hydrogen (secondary N) is 1. The number of hydrogen-bond acceptors (Lipinski definition) is 7. The Labute approximate surface area is 193 Å². The van der Waals surface area contributed by atoms with Crippen LogP contribution in [0.1, 0.15) is 17.4 Å². The fourth-order valence-electron chi connectivity index (χ4n) is 4.06. The largest absolute Gasteiger partial charge is 0.397 e. The Morgan fingerprint density at radius 1 is 1.12 bits per heavy atom. The van der Waals surface area contributed by atoms with Crippen LogP contribution in [-0.2, 0) is 11.3 Å². The third-order valence-electron chi connectivity index (χ3n) is 6.08. The molecule has 11 heteroatoms. The number of anilines is 4. The number of hydrogen-bond donors (Lipinski definition) is 3. The Morgan fingerprint density at radius 3 is 2.71 bits per heavy atom. The highest BCUT2D eigenvalue weighted by atomic mass is 19.1. The lowest BCUT2D eigenvalue weighted by molar-refractivity contribution is -0.130. The van der Waals surface area contributed by atoms with Crippen molar-refractivity contribution in [1.82, 2.24) is 24.6 Å². The number of nitrogens with two attached hydrogens (primary N) is 2. The Bertz CT molecular complexity index is 1450. The lowest BCUT2D eigenvalue weighted by Crippen LogP contribution is -2.29. The predicted octanol–water partition coefficient (Wildman–Crippen LogP) is 3.33. The highest BCUT2D eigenvalue weighted by molar-refractivity contribution is 5.98. The van der Waals surface area contributed by atoms with Gasteiger partial charge in [-0.05, 0) is 30.0 Å². The number of pyridine rings is 2. The molecule has 5 N–H and O–H groups in total. The second-order valence-corrected chi connectivity index (χ2v) is 8.32. The van der Waals surface area contributed by atoms with Crippen molar-refractivity contribution in [2.75, 3.05) is 30.4 Å². The van der Waals surface area contributed by atoms with Crippen LogP contribution in [0.5, 0.6) is 0 Å². The van der Waals surface area contributed by atoms with Crippen molar-refractivity contribution in [2.45, 2.75) is 19.6 Å². The van der Waals surface area contributed by atoms with Crippen molar-refractivity contribution in [2.24, 2.45) is 0 Å². The molecular weight excluding hydrogens is 442 g/mol. The fraction of sp³-hybridized carbons (Fsp3) is 0.217. The standard InChI is InChI=1S/C23H22F2N8O/c1-11-14(6-28-8-17(11)26)13-3-12-4-19(29-7-15(12)23(27)22(13)25)30-20-5-18-16(24)9-32(2)21(34)10-33(18)31-20/h3-8,16H,9-10,26-27H2,1-2H3,(H,29,30,31)/t16-/m1/s1. The average Bonchev–Trinajstić information content (AvgIpc) is 3.16. The molecule has 1 amide bonds. The molecule has 9 nitrogen and oxygen atoms in total. The van der Waals surface area contributed by atoms with Crippen molar-refractivity contribution in [3.8, 4) is 11.1 Å². The molecule has 0 radical (unpaired) electrons. The minimum absolute atomic E-state index is 0.0371. The molecule has 34 heavy (non-hydrogen) atoms. The van der Waals surface area contributed by atoms with Crippen LogP contribution in [0.4, 0.5) is 31.8 Å². The lowest BCUT2D eigenvalue weighted by atomic mass is 9.97. The van der Waals surface area contributed by atoms with E-state index in [2.05, 4.69) is 20.4 Å². The van der Waals surface area contributed by atoms with Crippen LogP contribution in [0, 0.1) is 12.7 Å². The van der Waals surface area contributed by atoms with E-state index in [1.807, 2.05) is 0 Å². The van der Waals surface area contributed by atoms with E-state index in [1.54, 1.807) is 38.4 Å². The van der Waals surface area contributed by atoms with Gasteiger partial charge in [0.25, 0.3) is 0 Å². The minimum Gasteiger partial charge on any atom is -0.397 e. The molecule has 0 saturated heterocycles. The SMILES string of the molecule is Cc1c(N)cncc1-c1cc2cc(Nc3cc4n(n3)CC(=O)N(C)C[C@H]4F)ncc2c(N)c1F. The Morgan fingerprint density at radius 2 is 1.91 bits per heavy atom. The number of amides is 1. The third kappa shape index (κ3) is 3.54. The van der Waals surface area contributed by atoms with E-state index < -0.39 is 12.0 Å². The molecule has 3 aromatic heterocycles. The first kappa shape index (κ1) is 21.6. The van der Waals surface area contributed by atoms with Crippen molar-refractivity contribution in [1.29, 1.82) is 0 Å². The molecule has 0 unspecified atom stereocenters. The second-order valence-electron chi connectivity index (χ2n) is 8.32. The summed E-state index contributed by atoms with van der Waals surface area (Å²) in [5.74, 6) is -0.0600. The van der Waals surface area contributed by atoms with Gasteiger partial charge in [-0.15, -0.1) is 0 Å². The number of aromatic nitrogens is 4. The topological polar surface area (TPSA) is 128 Å². The van der Waals surface area contributed by atoms with Gasteiger partial charge in [0.05, 0.1) is 29.8 Å². The number of benzene rings is 1. The maximum atomic E-state index is 15.1. The van der Waals surface area contributed by atoms with Gasteiger partial charge in [0, 0.05) is 42.0 Å². The van der Waals surface area contributed by atoms with Crippen molar-refractivity contribution >= 4 is 39.7 Å². The summed E-state index contributed by atoms with van der Waals surface area (Å²) < 4.78 is 31.1. The van der Waals surface area contributed by atoms with E-state index in [9.17, 15) is 9.18 Å². The maximum absolute atomic E-state index is 15.1. The predicted molar refractivity (Wildman–Crippen MR) is 125 cm³/mol. The van der Waals surface area contributed by atoms with E-state index in [0.717, 1.165) is 0 Å². The summed E-state index contributed by atoms with van der Waals surface area (Å²) >= 11 is 0. The van der Waals surface area contributed by atoms with Crippen LogP contribution in [0.3, 0.4) is 0 Å². The second kappa shape index (κ2) is 7.94. The summed E-state index contributed by atoms with van der Waals surface area (Å²) in [6, 6.07) is 4.90. The lowest BCUT2D eigenvalue weighted by Gasteiger charge is -2.14. The molecule has 0 spiro atoms. The first-order valence-electron chi connectivity index (χ1n) is 10.5. The summed E-state index contributed by atoms with van der Waals surface area (Å²) in [5, 5.41) is 8.42. The van der Waals surface area contributed by atoms with Gasteiger partial charge in [-0.2, -0.15) is 5.10 Å². The number of nitrogen functional groups attached to an aromatic ring is 2. The number of halogens is 2. The zero-order valence-corrected chi connectivity index (χ0v) is 18.5. The van der Waals surface area contributed by atoms with Crippen LogP contribution in [-0.4, -0.2) is 44.1 Å². The number of rotatable bonds is 3. The first-order chi connectivity index (χ1) is 16.2. The molecule has 1 atom stereocenters. The number of carbonyl (C=O) groups excluding carboxylic acids is 1. The highest BCUT2D eigenvalue weighted by Gasteiger charge is 2.27. The highest BCUT2D eigenvalue weighted by Crippen LogP contribution is 2.36. The van der Waals surface area contributed by atoms with Crippen LogP contribution in [0.15, 0.2) is 36.8 Å². The summed E-state index contributed by atoms with van der Waals surface area (Å²) in [6.45, 7) is 1.70. The minimum atomic E-state index is -1.36. The molecule has 174 valence electrons. The molecular formula is C23H22F2N8O. The van der Waals surface area contributed by atoms with Crippen molar-refractivity contribution < 1.29 is 13.6 Å². The average molecular weight is 464 g/mol. The van der Waals surface area contributed by atoms with Gasteiger partial charge in [0.15, 0.2) is 17.8 Å². The summed E-state index contributed by atoms with van der Waals surface area (Å²) in [5.41, 5.74) is 14.3. The summed E-state index contributed by atoms with van der Waals surface area (Å²) in [7, 11) is 1.56. The number of carbonyl (C=O) groups is 1. The van der Waals surface area contributed by atoms with Gasteiger partial charge in [0.1, 0.15) is 12.4 Å². The molecule has 1 aliphatic heterocycles. The van der Waals surface area contributed by atoms with Gasteiger partial charge in [-0.1, -0.05) is 0 Å². The quantitative estimate of drug-likeness (QED) is 0.397. The number of nitrogens with zero attached hydrogens (tertiary/aromatic N) is 5. The molecule has 1 aromatic carbocycles. The summed E-state index contributed by atoms with van der Waals surface area (Å²) in [4.78, 5) is 21.8. The van der Waals surface area contributed by atoms with Crippen LogP contribution in [0.25, 0.3) is 21.9 Å². The number of fused-ring (bicyclic) bond motifs is 2. The molecule has 0 aliphatic carbocycles. The van der Waals surface area contributed by atoms with Crippen molar-refractivity contribution in [3.63, 3.8) is 0 Å². The Hall–Kier alpha value is -4.28.